The summed E-state index contributed by atoms with van der Waals surface area (Å²) in [4.78, 5) is 22.5. The van der Waals surface area contributed by atoms with E-state index in [-0.39, 0.29) is 19.6 Å². The maximum Gasteiger partial charge on any atom is 0.472 e. The van der Waals surface area contributed by atoms with Gasteiger partial charge in [0, 0.05) is 13.0 Å². The maximum absolute atomic E-state index is 12.5. The van der Waals surface area contributed by atoms with E-state index in [0.717, 1.165) is 96.3 Å². The first-order valence-corrected chi connectivity index (χ1v) is 22.9. The van der Waals surface area contributed by atoms with Crippen molar-refractivity contribution in [1.29, 1.82) is 0 Å². The minimum Gasteiger partial charge on any atom is -0.457 e. The van der Waals surface area contributed by atoms with Crippen molar-refractivity contribution >= 4 is 13.8 Å². The molecule has 0 spiro atoms. The number of aliphatic hydroxyl groups is 2. The van der Waals surface area contributed by atoms with E-state index in [1.54, 1.807) is 0 Å². The van der Waals surface area contributed by atoms with Gasteiger partial charge in [-0.3, -0.25) is 13.8 Å². The highest BCUT2D eigenvalue weighted by molar-refractivity contribution is 7.47. The summed E-state index contributed by atoms with van der Waals surface area (Å²) in [5.41, 5.74) is 0. The molecule has 9 nitrogen and oxygen atoms in total. The van der Waals surface area contributed by atoms with E-state index in [0.29, 0.717) is 13.0 Å². The highest BCUT2D eigenvalue weighted by atomic mass is 31.2. The smallest absolute Gasteiger partial charge is 0.457 e. The number of rotatable bonds is 40. The van der Waals surface area contributed by atoms with Crippen molar-refractivity contribution in [3.05, 3.63) is 72.9 Å². The molecule has 0 amide bonds. The number of hydrogen-bond donors (Lipinski definition) is 3. The summed E-state index contributed by atoms with van der Waals surface area (Å²) >= 11 is 0. The largest absolute Gasteiger partial charge is 0.472 e. The predicted molar refractivity (Wildman–Crippen MR) is 228 cm³/mol. The Bertz CT molecular complexity index is 1080. The number of aliphatic hydroxyl groups excluding tert-OH is 2. The third-order valence-electron chi connectivity index (χ3n) is 8.61. The van der Waals surface area contributed by atoms with Crippen LogP contribution in [0.3, 0.4) is 0 Å². The second-order valence-electron chi connectivity index (χ2n) is 14.0. The zero-order valence-electron chi connectivity index (χ0n) is 34.6. The molecular formula is C45H79O9P. The molecule has 0 saturated heterocycles. The Balaban J connectivity index is 4.11. The van der Waals surface area contributed by atoms with Gasteiger partial charge in [0.15, 0.2) is 0 Å². The quantitative estimate of drug-likeness (QED) is 0.0240. The van der Waals surface area contributed by atoms with Crippen molar-refractivity contribution in [3.63, 3.8) is 0 Å². The Labute approximate surface area is 335 Å². The van der Waals surface area contributed by atoms with Crippen molar-refractivity contribution < 1.29 is 43.0 Å². The average Bonchev–Trinajstić information content (AvgIpc) is 3.18. The van der Waals surface area contributed by atoms with Gasteiger partial charge in [-0.25, -0.2) is 4.57 Å². The lowest BCUT2D eigenvalue weighted by Gasteiger charge is -2.20. The molecule has 0 fully saturated rings. The Kier molecular flexibility index (Phi) is 39.9. The van der Waals surface area contributed by atoms with Gasteiger partial charge < -0.3 is 24.6 Å². The van der Waals surface area contributed by atoms with Crippen LogP contribution in [0.25, 0.3) is 0 Å². The summed E-state index contributed by atoms with van der Waals surface area (Å²) in [6, 6.07) is 0. The van der Waals surface area contributed by atoms with Gasteiger partial charge in [0.2, 0.25) is 0 Å². The van der Waals surface area contributed by atoms with Crippen LogP contribution < -0.4 is 0 Å². The van der Waals surface area contributed by atoms with Crippen LogP contribution in [0, 0.1) is 0 Å². The number of allylic oxidation sites excluding steroid dienone is 12. The minimum atomic E-state index is -4.52. The molecule has 0 bridgehead atoms. The van der Waals surface area contributed by atoms with Gasteiger partial charge in [-0.05, 0) is 77.0 Å². The van der Waals surface area contributed by atoms with Crippen LogP contribution in [-0.2, 0) is 27.9 Å². The van der Waals surface area contributed by atoms with Gasteiger partial charge >= 0.3 is 13.8 Å². The summed E-state index contributed by atoms with van der Waals surface area (Å²) in [6.07, 6.45) is 48.7. The molecule has 3 unspecified atom stereocenters. The lowest BCUT2D eigenvalue weighted by atomic mass is 10.1. The van der Waals surface area contributed by atoms with E-state index in [4.69, 9.17) is 23.6 Å². The van der Waals surface area contributed by atoms with E-state index in [2.05, 4.69) is 86.8 Å². The fraction of sp³-hybridized carbons (Fsp3) is 0.711. The molecule has 55 heavy (non-hydrogen) atoms. The molecule has 3 atom stereocenters. The van der Waals surface area contributed by atoms with E-state index >= 15 is 0 Å². The van der Waals surface area contributed by atoms with E-state index < -0.39 is 39.2 Å². The first-order chi connectivity index (χ1) is 26.8. The van der Waals surface area contributed by atoms with Gasteiger partial charge in [0.1, 0.15) is 12.2 Å². The Morgan fingerprint density at radius 1 is 0.582 bits per heavy atom. The molecule has 0 radical (unpaired) electrons. The van der Waals surface area contributed by atoms with Gasteiger partial charge in [-0.1, -0.05) is 151 Å². The summed E-state index contributed by atoms with van der Waals surface area (Å²) in [7, 11) is -4.52. The lowest BCUT2D eigenvalue weighted by Crippen LogP contribution is -2.29. The Morgan fingerprint density at radius 3 is 1.58 bits per heavy atom. The second kappa shape index (κ2) is 41.5. The molecule has 0 aliphatic heterocycles. The fourth-order valence-electron chi connectivity index (χ4n) is 5.38. The molecule has 0 heterocycles. The molecule has 0 aromatic rings. The highest BCUT2D eigenvalue weighted by Gasteiger charge is 2.26. The first kappa shape index (κ1) is 52.9. The van der Waals surface area contributed by atoms with Crippen LogP contribution >= 0.6 is 7.82 Å². The van der Waals surface area contributed by atoms with Gasteiger partial charge in [0.25, 0.3) is 0 Å². The molecule has 0 saturated carbocycles. The standard InChI is InChI=1S/C45H79O9P/c1-3-5-7-9-11-13-15-16-17-18-19-20-21-22-23-24-25-26-27-28-30-32-34-36-38-51-41-44(42-53-55(49,50)52-40-43(47)39-46)54-45(48)37-35-33-31-29-14-12-10-8-6-4-2/h5,7-8,10-11,13,16-17,19-20,22-23,43-44,46-47H,3-4,6,9,12,14-15,18,21,24-42H2,1-2H3,(H,49,50)/b7-5-,10-8-,13-11-,17-16-,20-19-,23-22-. The average molecular weight is 795 g/mol. The van der Waals surface area contributed by atoms with E-state index in [9.17, 15) is 19.4 Å². The zero-order valence-corrected chi connectivity index (χ0v) is 35.5. The van der Waals surface area contributed by atoms with Gasteiger partial charge in [0.05, 0.1) is 26.4 Å². The normalized spacial score (nSPS) is 14.8. The fourth-order valence-corrected chi connectivity index (χ4v) is 6.17. The number of unbranched alkanes of at least 4 members (excludes halogenated alkanes) is 14. The monoisotopic (exact) mass is 795 g/mol. The zero-order chi connectivity index (χ0) is 40.3. The number of esters is 1. The molecular weight excluding hydrogens is 715 g/mol. The molecule has 10 heteroatoms. The maximum atomic E-state index is 12.5. The number of hydrogen-bond acceptors (Lipinski definition) is 8. The topological polar surface area (TPSA) is 132 Å². The van der Waals surface area contributed by atoms with Crippen molar-refractivity contribution in [3.8, 4) is 0 Å². The Hall–Kier alpha value is -2.10. The summed E-state index contributed by atoms with van der Waals surface area (Å²) in [6.45, 7) is 3.29. The van der Waals surface area contributed by atoms with Crippen molar-refractivity contribution in [2.45, 2.75) is 174 Å². The van der Waals surface area contributed by atoms with E-state index in [1.165, 1.54) is 38.5 Å². The third kappa shape index (κ3) is 41.4. The molecule has 0 aliphatic carbocycles. The third-order valence-corrected chi connectivity index (χ3v) is 9.56. The Morgan fingerprint density at radius 2 is 1.04 bits per heavy atom. The number of carbonyl (C=O) groups excluding carboxylic acids is 1. The van der Waals surface area contributed by atoms with Crippen LogP contribution in [0.15, 0.2) is 72.9 Å². The molecule has 0 aliphatic rings. The van der Waals surface area contributed by atoms with Crippen LogP contribution in [0.2, 0.25) is 0 Å². The summed E-state index contributed by atoms with van der Waals surface area (Å²) in [5.74, 6) is -0.401. The predicted octanol–water partition coefficient (Wildman–Crippen LogP) is 11.8. The SMILES string of the molecule is CC/C=C\C/C=C\C/C=C\C/C=C\C/C=C\CCCCCCCCCCOCC(COP(=O)(O)OCC(O)CO)OC(=O)CCCCCCC/C=C\CCC. The van der Waals surface area contributed by atoms with Crippen LogP contribution in [0.1, 0.15) is 162 Å². The van der Waals surface area contributed by atoms with Gasteiger partial charge in [-0.2, -0.15) is 0 Å². The van der Waals surface area contributed by atoms with Crippen LogP contribution in [-0.4, -0.2) is 66.3 Å². The van der Waals surface area contributed by atoms with Gasteiger partial charge in [-0.15, -0.1) is 0 Å². The first-order valence-electron chi connectivity index (χ1n) is 21.4. The van der Waals surface area contributed by atoms with E-state index in [1.807, 2.05) is 0 Å². The second-order valence-corrected chi connectivity index (χ2v) is 15.4. The number of phosphoric ester groups is 1. The minimum absolute atomic E-state index is 0.0362. The number of ether oxygens (including phenoxy) is 2. The highest BCUT2D eigenvalue weighted by Crippen LogP contribution is 2.43. The van der Waals surface area contributed by atoms with Crippen molar-refractivity contribution in [2.24, 2.45) is 0 Å². The molecule has 3 N–H and O–H groups in total. The molecule has 318 valence electrons. The van der Waals surface area contributed by atoms with Crippen LogP contribution in [0.4, 0.5) is 0 Å². The van der Waals surface area contributed by atoms with Crippen molar-refractivity contribution in [2.75, 3.05) is 33.0 Å². The molecule has 0 rings (SSSR count). The summed E-state index contributed by atoms with van der Waals surface area (Å²) < 4.78 is 33.3. The molecule has 0 aromatic heterocycles. The number of phosphoric acid groups is 1. The van der Waals surface area contributed by atoms with Crippen molar-refractivity contribution in [1.82, 2.24) is 0 Å². The number of carbonyl (C=O) groups is 1. The molecule has 0 aromatic carbocycles. The van der Waals surface area contributed by atoms with Crippen LogP contribution in [0.5, 0.6) is 0 Å². The lowest BCUT2D eigenvalue weighted by molar-refractivity contribution is -0.154. The summed E-state index contributed by atoms with van der Waals surface area (Å²) in [5, 5.41) is 18.3.